The summed E-state index contributed by atoms with van der Waals surface area (Å²) in [5.41, 5.74) is 10.7. The average Bonchev–Trinajstić information content (AvgIpc) is 2.73. The smallest absolute Gasteiger partial charge is 0.111 e. The van der Waals surface area contributed by atoms with Crippen molar-refractivity contribution in [1.29, 1.82) is 0 Å². The van der Waals surface area contributed by atoms with Crippen LogP contribution in [0, 0.1) is 0 Å². The van der Waals surface area contributed by atoms with Gasteiger partial charge < -0.3 is 16.4 Å². The van der Waals surface area contributed by atoms with E-state index in [9.17, 15) is 0 Å². The number of anilines is 3. The molecule has 0 heterocycles. The summed E-state index contributed by atoms with van der Waals surface area (Å²) in [6.45, 7) is 1.33. The maximum absolute atomic E-state index is 5.18. The van der Waals surface area contributed by atoms with Crippen molar-refractivity contribution in [2.24, 2.45) is 15.7 Å². The van der Waals surface area contributed by atoms with E-state index in [1.165, 1.54) is 12.7 Å². The topological polar surface area (TPSA) is 74.8 Å². The molecule has 136 valence electrons. The normalized spacial score (nSPS) is 11.1. The molecule has 0 atom stereocenters. The lowest BCUT2D eigenvalue weighted by Crippen LogP contribution is -2.06. The van der Waals surface area contributed by atoms with Crippen LogP contribution in [0.2, 0.25) is 0 Å². The minimum absolute atomic E-state index is 0.621. The van der Waals surface area contributed by atoms with Gasteiger partial charge in [0.15, 0.2) is 0 Å². The summed E-state index contributed by atoms with van der Waals surface area (Å²) >= 11 is 0. The first kappa shape index (κ1) is 18.2. The zero-order valence-electron chi connectivity index (χ0n) is 15.0. The maximum atomic E-state index is 5.18. The largest absolute Gasteiger partial charge is 0.390 e. The van der Waals surface area contributed by atoms with Gasteiger partial charge in [-0.15, -0.1) is 0 Å². The van der Waals surface area contributed by atoms with Crippen molar-refractivity contribution in [2.75, 3.05) is 23.7 Å². The van der Waals surface area contributed by atoms with Gasteiger partial charge in [0.1, 0.15) is 6.34 Å². The average molecular weight is 357 g/mol. The number of hydrogen-bond acceptors (Lipinski definition) is 3. The summed E-state index contributed by atoms with van der Waals surface area (Å²) in [4.78, 5) is 7.93. The number of rotatable bonds is 8. The van der Waals surface area contributed by atoms with E-state index in [4.69, 9.17) is 5.73 Å². The van der Waals surface area contributed by atoms with Crippen LogP contribution in [0.3, 0.4) is 0 Å². The minimum atomic E-state index is 0.621. The molecule has 0 saturated carbocycles. The highest BCUT2D eigenvalue weighted by atomic mass is 14.9. The van der Waals surface area contributed by atoms with E-state index >= 15 is 0 Å². The van der Waals surface area contributed by atoms with Crippen LogP contribution in [0.1, 0.15) is 0 Å². The number of benzene rings is 3. The number of nitrogens with zero attached hydrogens (tertiary/aromatic N) is 2. The second kappa shape index (κ2) is 9.77. The Bertz CT molecular complexity index is 889. The summed E-state index contributed by atoms with van der Waals surface area (Å²) < 4.78 is 0. The first-order valence-electron chi connectivity index (χ1n) is 8.84. The number of para-hydroxylation sites is 1. The third-order valence-corrected chi connectivity index (χ3v) is 3.96. The second-order valence-electron chi connectivity index (χ2n) is 5.86. The van der Waals surface area contributed by atoms with Crippen LogP contribution in [0.4, 0.5) is 17.1 Å². The highest BCUT2D eigenvalue weighted by Crippen LogP contribution is 2.31. The Morgan fingerprint density at radius 2 is 1.59 bits per heavy atom. The molecule has 0 unspecified atom stereocenters. The van der Waals surface area contributed by atoms with Crippen LogP contribution >= 0.6 is 0 Å². The van der Waals surface area contributed by atoms with Crippen molar-refractivity contribution in [3.63, 3.8) is 0 Å². The van der Waals surface area contributed by atoms with Gasteiger partial charge in [-0.3, -0.25) is 4.99 Å². The zero-order chi connectivity index (χ0) is 18.7. The fraction of sp³-hybridized carbons (Fsp3) is 0.0909. The Hall–Kier alpha value is -3.60. The van der Waals surface area contributed by atoms with E-state index in [1.54, 1.807) is 0 Å². The molecular formula is C22H23N5. The van der Waals surface area contributed by atoms with E-state index in [0.29, 0.717) is 13.1 Å². The molecule has 0 aliphatic heterocycles. The number of hydrogen-bond donors (Lipinski definition) is 3. The first-order valence-corrected chi connectivity index (χ1v) is 8.84. The van der Waals surface area contributed by atoms with Gasteiger partial charge in [0.25, 0.3) is 0 Å². The van der Waals surface area contributed by atoms with E-state index in [2.05, 4.69) is 63.1 Å². The monoisotopic (exact) mass is 357 g/mol. The summed E-state index contributed by atoms with van der Waals surface area (Å²) in [6.07, 6.45) is 2.69. The lowest BCUT2D eigenvalue weighted by molar-refractivity contribution is 1.03. The van der Waals surface area contributed by atoms with E-state index < -0.39 is 0 Å². The molecule has 3 aromatic carbocycles. The van der Waals surface area contributed by atoms with E-state index in [1.807, 2.05) is 36.4 Å². The summed E-state index contributed by atoms with van der Waals surface area (Å²) in [6, 6.07) is 26.8. The van der Waals surface area contributed by atoms with Gasteiger partial charge in [0, 0.05) is 29.2 Å². The maximum Gasteiger partial charge on any atom is 0.111 e. The van der Waals surface area contributed by atoms with Gasteiger partial charge in [-0.2, -0.15) is 0 Å². The van der Waals surface area contributed by atoms with Gasteiger partial charge in [-0.1, -0.05) is 48.5 Å². The Labute approximate surface area is 159 Å². The van der Waals surface area contributed by atoms with Crippen LogP contribution in [0.5, 0.6) is 0 Å². The van der Waals surface area contributed by atoms with Crippen LogP contribution in [-0.2, 0) is 0 Å². The molecule has 0 amide bonds. The third-order valence-electron chi connectivity index (χ3n) is 3.96. The lowest BCUT2D eigenvalue weighted by Gasteiger charge is -2.15. The van der Waals surface area contributed by atoms with Gasteiger partial charge in [-0.25, -0.2) is 4.99 Å². The van der Waals surface area contributed by atoms with Crippen LogP contribution in [-0.4, -0.2) is 25.8 Å². The lowest BCUT2D eigenvalue weighted by atomic mass is 10.0. The molecule has 0 aliphatic rings. The summed E-state index contributed by atoms with van der Waals surface area (Å²) in [5, 5.41) is 6.91. The SMILES string of the molecule is NC=NC=NCCNc1ccc(Nc2ccccc2)cc1-c1ccccc1. The Balaban J connectivity index is 1.80. The predicted octanol–water partition coefficient (Wildman–Crippen LogP) is 4.52. The highest BCUT2D eigenvalue weighted by Gasteiger charge is 2.06. The number of aliphatic imine (C=N–C) groups is 2. The Morgan fingerprint density at radius 3 is 2.33 bits per heavy atom. The van der Waals surface area contributed by atoms with Crippen LogP contribution in [0.25, 0.3) is 11.1 Å². The molecule has 0 aromatic heterocycles. The van der Waals surface area contributed by atoms with Crippen LogP contribution < -0.4 is 16.4 Å². The predicted molar refractivity (Wildman–Crippen MR) is 116 cm³/mol. The molecule has 3 aromatic rings. The first-order chi connectivity index (χ1) is 13.4. The molecule has 5 nitrogen and oxygen atoms in total. The zero-order valence-corrected chi connectivity index (χ0v) is 15.0. The van der Waals surface area contributed by atoms with Crippen LogP contribution in [0.15, 0.2) is 88.8 Å². The molecular weight excluding hydrogens is 334 g/mol. The van der Waals surface area contributed by atoms with Crippen molar-refractivity contribution in [2.45, 2.75) is 0 Å². The number of nitrogens with one attached hydrogen (secondary N) is 2. The molecule has 0 bridgehead atoms. The van der Waals surface area contributed by atoms with Gasteiger partial charge in [0.05, 0.1) is 12.9 Å². The summed E-state index contributed by atoms with van der Waals surface area (Å²) in [7, 11) is 0. The molecule has 0 aliphatic carbocycles. The van der Waals surface area contributed by atoms with E-state index in [-0.39, 0.29) is 0 Å². The molecule has 0 saturated heterocycles. The Morgan fingerprint density at radius 1 is 0.852 bits per heavy atom. The fourth-order valence-electron chi connectivity index (χ4n) is 2.72. The van der Waals surface area contributed by atoms with E-state index in [0.717, 1.165) is 28.2 Å². The van der Waals surface area contributed by atoms with Crippen molar-refractivity contribution in [1.82, 2.24) is 0 Å². The van der Waals surface area contributed by atoms with Gasteiger partial charge in [0.2, 0.25) is 0 Å². The molecule has 5 heteroatoms. The van der Waals surface area contributed by atoms with Crippen molar-refractivity contribution in [3.05, 3.63) is 78.9 Å². The molecule has 3 rings (SSSR count). The molecule has 4 N–H and O–H groups in total. The van der Waals surface area contributed by atoms with Gasteiger partial charge in [-0.05, 0) is 35.9 Å². The molecule has 27 heavy (non-hydrogen) atoms. The quantitative estimate of drug-likeness (QED) is 0.315. The Kier molecular flexibility index (Phi) is 6.59. The van der Waals surface area contributed by atoms with Crippen molar-refractivity contribution in [3.8, 4) is 11.1 Å². The fourth-order valence-corrected chi connectivity index (χ4v) is 2.72. The van der Waals surface area contributed by atoms with Crippen molar-refractivity contribution < 1.29 is 0 Å². The summed E-state index contributed by atoms with van der Waals surface area (Å²) in [5.74, 6) is 0. The molecule has 0 radical (unpaired) electrons. The van der Waals surface area contributed by atoms with Crippen molar-refractivity contribution >= 4 is 29.7 Å². The molecule has 0 spiro atoms. The standard InChI is InChI=1S/C22H23N5/c23-16-25-17-24-13-14-26-22-12-11-20(27-19-9-5-2-6-10-19)15-21(22)18-7-3-1-4-8-18/h1-12,15-17,26-27H,13-14H2,(H2,23,24,25). The second-order valence-corrected chi connectivity index (χ2v) is 5.86. The highest BCUT2D eigenvalue weighted by molar-refractivity contribution is 5.82. The van der Waals surface area contributed by atoms with Gasteiger partial charge >= 0.3 is 0 Å². The minimum Gasteiger partial charge on any atom is -0.390 e. The molecule has 0 fully saturated rings. The number of nitrogens with two attached hydrogens (primary N) is 1. The third kappa shape index (κ3) is 5.44.